The van der Waals surface area contributed by atoms with Crippen molar-refractivity contribution in [1.82, 2.24) is 4.72 Å². The van der Waals surface area contributed by atoms with Gasteiger partial charge in [-0.3, -0.25) is 4.79 Å². The average molecular weight is 270 g/mol. The molecular weight excluding hydrogens is 252 g/mol. The third kappa shape index (κ3) is 3.30. The third-order valence-corrected chi connectivity index (χ3v) is 3.98. The molecule has 0 aliphatic rings. The van der Waals surface area contributed by atoms with Gasteiger partial charge in [0.25, 0.3) is 0 Å². The third-order valence-electron chi connectivity index (χ3n) is 2.57. The molecule has 0 atom stereocenters. The first-order valence-electron chi connectivity index (χ1n) is 5.63. The van der Waals surface area contributed by atoms with Crippen LogP contribution in [0.5, 0.6) is 0 Å². The van der Waals surface area contributed by atoms with E-state index in [1.165, 1.54) is 19.2 Å². The number of hydrogen-bond donors (Lipinski definition) is 2. The summed E-state index contributed by atoms with van der Waals surface area (Å²) in [7, 11) is -2.15. The van der Waals surface area contributed by atoms with E-state index < -0.39 is 10.0 Å². The van der Waals surface area contributed by atoms with Crippen molar-refractivity contribution < 1.29 is 13.2 Å². The fourth-order valence-electron chi connectivity index (χ4n) is 1.30. The first-order chi connectivity index (χ1) is 8.27. The Hall–Kier alpha value is -1.40. The maximum absolute atomic E-state index is 11.7. The molecule has 0 bridgehead atoms. The Bertz CT molecular complexity index is 550. The highest BCUT2D eigenvalue weighted by Gasteiger charge is 2.14. The standard InChI is InChI=1S/C12H18N2O3S/c1-8(2)12(15)14-11-7-10(6-5-9(11)3)18(16,17)13-4/h5-8,13H,1-4H3,(H,14,15). The zero-order valence-corrected chi connectivity index (χ0v) is 11.8. The molecule has 0 spiro atoms. The topological polar surface area (TPSA) is 75.3 Å². The zero-order chi connectivity index (χ0) is 13.9. The van der Waals surface area contributed by atoms with Crippen LogP contribution in [0.25, 0.3) is 0 Å². The largest absolute Gasteiger partial charge is 0.326 e. The first-order valence-corrected chi connectivity index (χ1v) is 7.11. The molecule has 0 aliphatic heterocycles. The summed E-state index contributed by atoms with van der Waals surface area (Å²) >= 11 is 0. The summed E-state index contributed by atoms with van der Waals surface area (Å²) in [4.78, 5) is 11.8. The number of sulfonamides is 1. The van der Waals surface area contributed by atoms with Crippen LogP contribution >= 0.6 is 0 Å². The Labute approximate surface area is 108 Å². The van der Waals surface area contributed by atoms with Gasteiger partial charge >= 0.3 is 0 Å². The molecule has 0 fully saturated rings. The molecule has 0 aliphatic carbocycles. The summed E-state index contributed by atoms with van der Waals surface area (Å²) in [5.41, 5.74) is 1.34. The molecule has 1 aromatic rings. The van der Waals surface area contributed by atoms with E-state index in [-0.39, 0.29) is 16.7 Å². The highest BCUT2D eigenvalue weighted by molar-refractivity contribution is 7.89. The summed E-state index contributed by atoms with van der Waals surface area (Å²) in [6.07, 6.45) is 0. The highest BCUT2D eigenvalue weighted by Crippen LogP contribution is 2.20. The van der Waals surface area contributed by atoms with Crippen molar-refractivity contribution in [3.8, 4) is 0 Å². The Balaban J connectivity index is 3.14. The van der Waals surface area contributed by atoms with E-state index in [1.807, 2.05) is 6.92 Å². The average Bonchev–Trinajstić information content (AvgIpc) is 2.31. The van der Waals surface area contributed by atoms with Gasteiger partial charge in [-0.1, -0.05) is 19.9 Å². The van der Waals surface area contributed by atoms with Gasteiger partial charge in [-0.05, 0) is 31.7 Å². The Morgan fingerprint density at radius 1 is 1.28 bits per heavy atom. The lowest BCUT2D eigenvalue weighted by Crippen LogP contribution is -2.21. The molecule has 100 valence electrons. The molecular formula is C12H18N2O3S. The predicted octanol–water partition coefficient (Wildman–Crippen LogP) is 1.50. The molecule has 5 nitrogen and oxygen atoms in total. The SMILES string of the molecule is CNS(=O)(=O)c1ccc(C)c(NC(=O)C(C)C)c1. The van der Waals surface area contributed by atoms with Gasteiger partial charge in [-0.2, -0.15) is 0 Å². The minimum atomic E-state index is -3.49. The summed E-state index contributed by atoms with van der Waals surface area (Å²) in [6.45, 7) is 5.36. The van der Waals surface area contributed by atoms with Gasteiger partial charge < -0.3 is 5.32 Å². The van der Waals surface area contributed by atoms with Gasteiger partial charge in [0.15, 0.2) is 0 Å². The number of nitrogens with one attached hydrogen (secondary N) is 2. The van der Waals surface area contributed by atoms with Crippen molar-refractivity contribution >= 4 is 21.6 Å². The van der Waals surface area contributed by atoms with Crippen molar-refractivity contribution in [2.75, 3.05) is 12.4 Å². The van der Waals surface area contributed by atoms with E-state index in [0.29, 0.717) is 5.69 Å². The lowest BCUT2D eigenvalue weighted by atomic mass is 10.1. The summed E-state index contributed by atoms with van der Waals surface area (Å²) in [6, 6.07) is 4.63. The summed E-state index contributed by atoms with van der Waals surface area (Å²) < 4.78 is 25.6. The number of carbonyl (C=O) groups is 1. The second-order valence-corrected chi connectivity index (χ2v) is 6.21. The van der Waals surface area contributed by atoms with Crippen LogP contribution < -0.4 is 10.0 Å². The minimum Gasteiger partial charge on any atom is -0.326 e. The Kier molecular flexibility index (Phi) is 4.48. The molecule has 1 rings (SSSR count). The minimum absolute atomic E-state index is 0.134. The number of hydrogen-bond acceptors (Lipinski definition) is 3. The summed E-state index contributed by atoms with van der Waals surface area (Å²) in [5, 5.41) is 2.72. The van der Waals surface area contributed by atoms with Gasteiger partial charge in [0.2, 0.25) is 15.9 Å². The molecule has 6 heteroatoms. The molecule has 0 aromatic heterocycles. The monoisotopic (exact) mass is 270 g/mol. The smallest absolute Gasteiger partial charge is 0.240 e. The number of anilines is 1. The predicted molar refractivity (Wildman–Crippen MR) is 70.9 cm³/mol. The van der Waals surface area contributed by atoms with Gasteiger partial charge in [-0.25, -0.2) is 13.1 Å². The van der Waals surface area contributed by atoms with E-state index in [0.717, 1.165) is 5.56 Å². The molecule has 1 amide bonds. The van der Waals surface area contributed by atoms with Gasteiger partial charge in [-0.15, -0.1) is 0 Å². The van der Waals surface area contributed by atoms with E-state index in [4.69, 9.17) is 0 Å². The van der Waals surface area contributed by atoms with E-state index in [1.54, 1.807) is 19.9 Å². The van der Waals surface area contributed by atoms with E-state index in [9.17, 15) is 13.2 Å². The van der Waals surface area contributed by atoms with Crippen LogP contribution in [-0.2, 0) is 14.8 Å². The van der Waals surface area contributed by atoms with Crippen LogP contribution in [-0.4, -0.2) is 21.4 Å². The lowest BCUT2D eigenvalue weighted by molar-refractivity contribution is -0.118. The molecule has 2 N–H and O–H groups in total. The molecule has 0 unspecified atom stereocenters. The number of benzene rings is 1. The van der Waals surface area contributed by atoms with Crippen LogP contribution in [0, 0.1) is 12.8 Å². The fourth-order valence-corrected chi connectivity index (χ4v) is 2.05. The van der Waals surface area contributed by atoms with Gasteiger partial charge in [0.1, 0.15) is 0 Å². The highest BCUT2D eigenvalue weighted by atomic mass is 32.2. The number of rotatable bonds is 4. The molecule has 0 saturated heterocycles. The Morgan fingerprint density at radius 3 is 2.39 bits per heavy atom. The Morgan fingerprint density at radius 2 is 1.89 bits per heavy atom. The van der Waals surface area contributed by atoms with Gasteiger partial charge in [0.05, 0.1) is 4.90 Å². The van der Waals surface area contributed by atoms with Crippen LogP contribution in [0.1, 0.15) is 19.4 Å². The van der Waals surface area contributed by atoms with E-state index in [2.05, 4.69) is 10.0 Å². The van der Waals surface area contributed by atoms with Crippen molar-refractivity contribution in [1.29, 1.82) is 0 Å². The molecule has 18 heavy (non-hydrogen) atoms. The van der Waals surface area contributed by atoms with Crippen LogP contribution in [0.2, 0.25) is 0 Å². The van der Waals surface area contributed by atoms with Crippen LogP contribution in [0.15, 0.2) is 23.1 Å². The normalized spacial score (nSPS) is 11.6. The van der Waals surface area contributed by atoms with Crippen LogP contribution in [0.3, 0.4) is 0 Å². The second kappa shape index (κ2) is 5.49. The summed E-state index contributed by atoms with van der Waals surface area (Å²) in [5.74, 6) is -0.300. The first kappa shape index (κ1) is 14.7. The number of amides is 1. The zero-order valence-electron chi connectivity index (χ0n) is 10.9. The van der Waals surface area contributed by atoms with E-state index >= 15 is 0 Å². The van der Waals surface area contributed by atoms with Crippen molar-refractivity contribution in [3.63, 3.8) is 0 Å². The lowest BCUT2D eigenvalue weighted by Gasteiger charge is -2.12. The maximum atomic E-state index is 11.7. The molecule has 1 aromatic carbocycles. The second-order valence-electron chi connectivity index (χ2n) is 4.33. The molecule has 0 heterocycles. The maximum Gasteiger partial charge on any atom is 0.240 e. The van der Waals surface area contributed by atoms with Crippen molar-refractivity contribution in [2.45, 2.75) is 25.7 Å². The fraction of sp³-hybridized carbons (Fsp3) is 0.417. The molecule has 0 saturated carbocycles. The number of aryl methyl sites for hydroxylation is 1. The van der Waals surface area contributed by atoms with Gasteiger partial charge in [0, 0.05) is 11.6 Å². The van der Waals surface area contributed by atoms with Crippen molar-refractivity contribution in [2.24, 2.45) is 5.92 Å². The van der Waals surface area contributed by atoms with Crippen molar-refractivity contribution in [3.05, 3.63) is 23.8 Å². The quantitative estimate of drug-likeness (QED) is 0.870. The van der Waals surface area contributed by atoms with Crippen LogP contribution in [0.4, 0.5) is 5.69 Å². The molecule has 0 radical (unpaired) electrons. The number of carbonyl (C=O) groups excluding carboxylic acids is 1.